The van der Waals surface area contributed by atoms with E-state index in [1.54, 1.807) is 41.8 Å². The van der Waals surface area contributed by atoms with Crippen molar-refractivity contribution in [2.24, 2.45) is 0 Å². The lowest BCUT2D eigenvalue weighted by Gasteiger charge is -2.20. The number of halogens is 4. The zero-order chi connectivity index (χ0) is 20.6. The van der Waals surface area contributed by atoms with Gasteiger partial charge in [0.2, 0.25) is 0 Å². The van der Waals surface area contributed by atoms with Crippen molar-refractivity contribution in [3.63, 3.8) is 0 Å². The van der Waals surface area contributed by atoms with E-state index in [0.717, 1.165) is 17.8 Å². The van der Waals surface area contributed by atoms with E-state index in [1.807, 2.05) is 6.07 Å². The van der Waals surface area contributed by atoms with E-state index < -0.39 is 17.7 Å². The van der Waals surface area contributed by atoms with Crippen LogP contribution in [0.4, 0.5) is 18.9 Å². The van der Waals surface area contributed by atoms with E-state index in [4.69, 9.17) is 16.7 Å². The number of carboxylic acids is 1. The minimum Gasteiger partial charge on any atom is -0.481 e. The van der Waals surface area contributed by atoms with Gasteiger partial charge in [-0.15, -0.1) is 0 Å². The number of alkyl halides is 3. The first-order valence-corrected chi connectivity index (χ1v) is 8.87. The summed E-state index contributed by atoms with van der Waals surface area (Å²) < 4.78 is 40.9. The van der Waals surface area contributed by atoms with Gasteiger partial charge < -0.3 is 14.6 Å². The average molecular weight is 411 g/mol. The van der Waals surface area contributed by atoms with Crippen molar-refractivity contribution in [2.75, 3.05) is 18.5 Å². The minimum atomic E-state index is -4.40. The van der Waals surface area contributed by atoms with Crippen molar-refractivity contribution in [2.45, 2.75) is 19.5 Å². The predicted octanol–water partition coefficient (Wildman–Crippen LogP) is 5.52. The highest BCUT2D eigenvalue weighted by Crippen LogP contribution is 2.34. The Morgan fingerprint density at radius 2 is 1.93 bits per heavy atom. The van der Waals surface area contributed by atoms with Gasteiger partial charge in [0.05, 0.1) is 17.5 Å². The van der Waals surface area contributed by atoms with Crippen molar-refractivity contribution in [3.05, 3.63) is 58.7 Å². The third-order valence-corrected chi connectivity index (χ3v) is 4.80. The van der Waals surface area contributed by atoms with Crippen molar-refractivity contribution >= 4 is 34.2 Å². The molecular weight excluding hydrogens is 393 g/mol. The molecule has 3 rings (SSSR count). The highest BCUT2D eigenvalue weighted by molar-refractivity contribution is 6.31. The molecule has 0 unspecified atom stereocenters. The summed E-state index contributed by atoms with van der Waals surface area (Å²) in [6.07, 6.45) is -2.67. The van der Waals surface area contributed by atoms with Crippen LogP contribution in [0.25, 0.3) is 16.6 Å². The number of aliphatic carboxylic acids is 1. The summed E-state index contributed by atoms with van der Waals surface area (Å²) in [7, 11) is 1.76. The first-order chi connectivity index (χ1) is 13.1. The molecule has 0 radical (unpaired) electrons. The Kier molecular flexibility index (Phi) is 5.30. The number of hydrogen-bond donors (Lipinski definition) is 1. The largest absolute Gasteiger partial charge is 0.481 e. The molecular formula is C20H18ClF3N2O2. The number of nitrogens with zero attached hydrogens (tertiary/aromatic N) is 2. The smallest absolute Gasteiger partial charge is 0.416 e. The molecule has 0 bridgehead atoms. The summed E-state index contributed by atoms with van der Waals surface area (Å²) in [5.74, 6) is -0.901. The molecule has 8 heteroatoms. The van der Waals surface area contributed by atoms with E-state index in [1.165, 1.54) is 6.07 Å². The minimum absolute atomic E-state index is 0.0237. The highest BCUT2D eigenvalue weighted by atomic mass is 35.5. The Morgan fingerprint density at radius 1 is 1.21 bits per heavy atom. The zero-order valence-corrected chi connectivity index (χ0v) is 16.0. The fraction of sp³-hybridized carbons (Fsp3) is 0.250. The molecule has 148 valence electrons. The summed E-state index contributed by atoms with van der Waals surface area (Å²) in [5.41, 5.74) is 2.05. The van der Waals surface area contributed by atoms with Gasteiger partial charge in [-0.05, 0) is 48.9 Å². The molecule has 0 saturated carbocycles. The number of fused-ring (bicyclic) bond motifs is 1. The van der Waals surface area contributed by atoms with Gasteiger partial charge in [0.25, 0.3) is 0 Å². The van der Waals surface area contributed by atoms with Crippen LogP contribution in [0.1, 0.15) is 17.5 Å². The fourth-order valence-electron chi connectivity index (χ4n) is 3.10. The third kappa shape index (κ3) is 4.09. The molecule has 0 fully saturated rings. The molecule has 0 aliphatic carbocycles. The van der Waals surface area contributed by atoms with Crippen LogP contribution in [0, 0.1) is 6.92 Å². The normalized spacial score (nSPS) is 11.8. The highest BCUT2D eigenvalue weighted by Gasteiger charge is 2.30. The van der Waals surface area contributed by atoms with Crippen molar-refractivity contribution in [1.82, 2.24) is 4.57 Å². The van der Waals surface area contributed by atoms with E-state index in [2.05, 4.69) is 0 Å². The Labute approximate surface area is 164 Å². The lowest BCUT2D eigenvalue weighted by Crippen LogP contribution is -2.21. The van der Waals surface area contributed by atoms with Crippen LogP contribution in [-0.2, 0) is 11.0 Å². The first-order valence-electron chi connectivity index (χ1n) is 8.49. The number of anilines is 1. The second kappa shape index (κ2) is 7.39. The molecule has 1 N–H and O–H groups in total. The Morgan fingerprint density at radius 3 is 2.57 bits per heavy atom. The quantitative estimate of drug-likeness (QED) is 0.602. The van der Waals surface area contributed by atoms with Crippen LogP contribution in [-0.4, -0.2) is 29.2 Å². The van der Waals surface area contributed by atoms with Crippen LogP contribution in [0.5, 0.6) is 0 Å². The van der Waals surface area contributed by atoms with Crippen LogP contribution >= 0.6 is 11.6 Å². The molecule has 0 amide bonds. The van der Waals surface area contributed by atoms with Crippen LogP contribution in [0.15, 0.2) is 42.6 Å². The van der Waals surface area contributed by atoms with Crippen LogP contribution in [0.2, 0.25) is 5.02 Å². The second-order valence-electron chi connectivity index (χ2n) is 6.64. The first kappa shape index (κ1) is 20.1. The van der Waals surface area contributed by atoms with Gasteiger partial charge in [-0.3, -0.25) is 4.79 Å². The maximum absolute atomic E-state index is 13.0. The molecule has 2 aromatic carbocycles. The lowest BCUT2D eigenvalue weighted by atomic mass is 10.1. The van der Waals surface area contributed by atoms with Gasteiger partial charge >= 0.3 is 12.1 Å². The number of hydrogen-bond acceptors (Lipinski definition) is 2. The molecule has 0 aliphatic heterocycles. The number of benzene rings is 2. The number of carboxylic acid groups (broad SMARTS) is 1. The molecule has 4 nitrogen and oxygen atoms in total. The monoisotopic (exact) mass is 410 g/mol. The zero-order valence-electron chi connectivity index (χ0n) is 15.2. The second-order valence-corrected chi connectivity index (χ2v) is 7.08. The van der Waals surface area contributed by atoms with Crippen molar-refractivity contribution in [1.29, 1.82) is 0 Å². The Bertz CT molecular complexity index is 1040. The van der Waals surface area contributed by atoms with E-state index in [0.29, 0.717) is 33.7 Å². The molecule has 3 aromatic rings. The standard InChI is InChI=1S/C20H18ClF3N2O2/c1-12-11-26(18-4-3-13(7-17(12)18)20(22,23)24)16-9-14(21)8-15(10-16)25(2)6-5-19(27)28/h3-4,7-11H,5-6H2,1-2H3,(H,27,28). The molecule has 28 heavy (non-hydrogen) atoms. The maximum atomic E-state index is 13.0. The maximum Gasteiger partial charge on any atom is 0.416 e. The summed E-state index contributed by atoms with van der Waals surface area (Å²) >= 11 is 6.24. The van der Waals surface area contributed by atoms with Gasteiger partial charge in [-0.2, -0.15) is 13.2 Å². The van der Waals surface area contributed by atoms with E-state index in [9.17, 15) is 18.0 Å². The topological polar surface area (TPSA) is 45.5 Å². The number of carbonyl (C=O) groups is 1. The van der Waals surface area contributed by atoms with Gasteiger partial charge in [-0.25, -0.2) is 0 Å². The van der Waals surface area contributed by atoms with Gasteiger partial charge in [0.1, 0.15) is 0 Å². The summed E-state index contributed by atoms with van der Waals surface area (Å²) in [5, 5.41) is 9.82. The summed E-state index contributed by atoms with van der Waals surface area (Å²) in [6.45, 7) is 2.05. The fourth-order valence-corrected chi connectivity index (χ4v) is 3.32. The molecule has 0 aliphatic rings. The summed E-state index contributed by atoms with van der Waals surface area (Å²) in [4.78, 5) is 12.6. The van der Waals surface area contributed by atoms with Crippen molar-refractivity contribution < 1.29 is 23.1 Å². The van der Waals surface area contributed by atoms with Gasteiger partial charge in [0.15, 0.2) is 0 Å². The Hall–Kier alpha value is -2.67. The van der Waals surface area contributed by atoms with Crippen LogP contribution in [0.3, 0.4) is 0 Å². The number of rotatable bonds is 5. The average Bonchev–Trinajstić information content (AvgIpc) is 2.95. The van der Waals surface area contributed by atoms with Gasteiger partial charge in [-0.1, -0.05) is 11.6 Å². The van der Waals surface area contributed by atoms with Crippen molar-refractivity contribution in [3.8, 4) is 5.69 Å². The van der Waals surface area contributed by atoms with Gasteiger partial charge in [0, 0.05) is 41.6 Å². The SMILES string of the molecule is Cc1cn(-c2cc(Cl)cc(N(C)CCC(=O)O)c2)c2ccc(C(F)(F)F)cc12. The van der Waals surface area contributed by atoms with E-state index in [-0.39, 0.29) is 6.42 Å². The Balaban J connectivity index is 2.06. The molecule has 0 saturated heterocycles. The molecule has 1 heterocycles. The molecule has 0 atom stereocenters. The molecule has 1 aromatic heterocycles. The number of aromatic nitrogens is 1. The summed E-state index contributed by atoms with van der Waals surface area (Å²) in [6, 6.07) is 8.90. The number of aryl methyl sites for hydroxylation is 1. The predicted molar refractivity (Wildman–Crippen MR) is 104 cm³/mol. The van der Waals surface area contributed by atoms with E-state index >= 15 is 0 Å². The third-order valence-electron chi connectivity index (χ3n) is 4.58. The molecule has 0 spiro atoms. The van der Waals surface area contributed by atoms with Crippen LogP contribution < -0.4 is 4.90 Å². The lowest BCUT2D eigenvalue weighted by molar-refractivity contribution is -0.138.